The van der Waals surface area contributed by atoms with Gasteiger partial charge in [-0.25, -0.2) is 0 Å². The van der Waals surface area contributed by atoms with Crippen molar-refractivity contribution in [2.24, 2.45) is 0 Å². The van der Waals surface area contributed by atoms with E-state index in [2.05, 4.69) is 10.2 Å². The number of carbonyl (C=O) groups excluding carboxylic acids is 1. The molecule has 0 spiro atoms. The van der Waals surface area contributed by atoms with Crippen LogP contribution in [-0.4, -0.2) is 57.4 Å². The topological polar surface area (TPSA) is 60.0 Å². The number of hydrogen-bond acceptors (Lipinski definition) is 5. The second-order valence-electron chi connectivity index (χ2n) is 4.88. The number of benzene rings is 1. The molecule has 1 N–H and O–H groups in total. The number of anilines is 1. The van der Waals surface area contributed by atoms with E-state index in [0.29, 0.717) is 30.4 Å². The van der Waals surface area contributed by atoms with Gasteiger partial charge in [-0.1, -0.05) is 0 Å². The Kier molecular flexibility index (Phi) is 5.41. The number of carbonyl (C=O) groups is 1. The predicted molar refractivity (Wildman–Crippen MR) is 80.0 cm³/mol. The van der Waals surface area contributed by atoms with Gasteiger partial charge < -0.3 is 19.5 Å². The summed E-state index contributed by atoms with van der Waals surface area (Å²) in [5, 5.41) is 2.91. The van der Waals surface area contributed by atoms with E-state index in [1.807, 2.05) is 6.92 Å². The molecule has 1 heterocycles. The van der Waals surface area contributed by atoms with E-state index >= 15 is 0 Å². The third-order valence-corrected chi connectivity index (χ3v) is 3.62. The quantitative estimate of drug-likeness (QED) is 0.888. The van der Waals surface area contributed by atoms with Gasteiger partial charge in [0.25, 0.3) is 0 Å². The minimum absolute atomic E-state index is 0.0379. The van der Waals surface area contributed by atoms with Crippen molar-refractivity contribution in [2.45, 2.75) is 13.0 Å². The van der Waals surface area contributed by atoms with Crippen molar-refractivity contribution in [1.29, 1.82) is 0 Å². The minimum Gasteiger partial charge on any atom is -0.493 e. The SMILES string of the molecule is COc1ccc(NC(=O)[C@H](C)N2CCOCC2)cc1OC. The Morgan fingerprint density at radius 2 is 1.90 bits per heavy atom. The summed E-state index contributed by atoms with van der Waals surface area (Å²) in [4.78, 5) is 14.4. The molecule has 0 unspecified atom stereocenters. The molecule has 1 aliphatic heterocycles. The Bertz CT molecular complexity index is 487. The zero-order chi connectivity index (χ0) is 15.2. The van der Waals surface area contributed by atoms with Crippen LogP contribution in [0.15, 0.2) is 18.2 Å². The van der Waals surface area contributed by atoms with Crippen LogP contribution in [0.25, 0.3) is 0 Å². The zero-order valence-corrected chi connectivity index (χ0v) is 12.7. The van der Waals surface area contributed by atoms with E-state index < -0.39 is 0 Å². The third-order valence-electron chi connectivity index (χ3n) is 3.62. The van der Waals surface area contributed by atoms with E-state index in [1.54, 1.807) is 32.4 Å². The van der Waals surface area contributed by atoms with Crippen LogP contribution in [0.3, 0.4) is 0 Å². The van der Waals surface area contributed by atoms with Gasteiger partial charge in [0, 0.05) is 24.8 Å². The normalized spacial score (nSPS) is 17.1. The lowest BCUT2D eigenvalue weighted by atomic mass is 10.2. The molecule has 1 aliphatic rings. The van der Waals surface area contributed by atoms with Crippen molar-refractivity contribution in [3.05, 3.63) is 18.2 Å². The summed E-state index contributed by atoms with van der Waals surface area (Å²) >= 11 is 0. The van der Waals surface area contributed by atoms with Crippen molar-refractivity contribution in [1.82, 2.24) is 4.90 Å². The predicted octanol–water partition coefficient (Wildman–Crippen LogP) is 1.36. The fourth-order valence-electron chi connectivity index (χ4n) is 2.29. The maximum atomic E-state index is 12.3. The molecule has 6 nitrogen and oxygen atoms in total. The van der Waals surface area contributed by atoms with Crippen molar-refractivity contribution in [3.8, 4) is 11.5 Å². The van der Waals surface area contributed by atoms with Gasteiger partial charge in [-0.15, -0.1) is 0 Å². The highest BCUT2D eigenvalue weighted by Gasteiger charge is 2.23. The van der Waals surface area contributed by atoms with Crippen molar-refractivity contribution in [2.75, 3.05) is 45.8 Å². The van der Waals surface area contributed by atoms with Crippen molar-refractivity contribution < 1.29 is 19.0 Å². The molecular weight excluding hydrogens is 272 g/mol. The van der Waals surface area contributed by atoms with Gasteiger partial charge in [-0.3, -0.25) is 9.69 Å². The maximum Gasteiger partial charge on any atom is 0.241 e. The molecule has 0 radical (unpaired) electrons. The van der Waals surface area contributed by atoms with Crippen LogP contribution in [0.2, 0.25) is 0 Å². The van der Waals surface area contributed by atoms with Crippen LogP contribution in [-0.2, 0) is 9.53 Å². The van der Waals surface area contributed by atoms with Gasteiger partial charge in [0.1, 0.15) is 0 Å². The lowest BCUT2D eigenvalue weighted by molar-refractivity contribution is -0.122. The van der Waals surface area contributed by atoms with Crippen LogP contribution in [0, 0.1) is 0 Å². The Balaban J connectivity index is 2.01. The highest BCUT2D eigenvalue weighted by molar-refractivity contribution is 5.94. The molecule has 1 saturated heterocycles. The zero-order valence-electron chi connectivity index (χ0n) is 12.7. The summed E-state index contributed by atoms with van der Waals surface area (Å²) in [5.41, 5.74) is 0.692. The second kappa shape index (κ2) is 7.28. The summed E-state index contributed by atoms with van der Waals surface area (Å²) in [6, 6.07) is 5.13. The van der Waals surface area contributed by atoms with Crippen molar-refractivity contribution in [3.63, 3.8) is 0 Å². The molecule has 0 aromatic heterocycles. The fourth-order valence-corrected chi connectivity index (χ4v) is 2.29. The second-order valence-corrected chi connectivity index (χ2v) is 4.88. The first kappa shape index (κ1) is 15.6. The number of morpholine rings is 1. The molecule has 116 valence electrons. The van der Waals surface area contributed by atoms with Crippen LogP contribution < -0.4 is 14.8 Å². The Morgan fingerprint density at radius 1 is 1.24 bits per heavy atom. The molecule has 6 heteroatoms. The first-order valence-electron chi connectivity index (χ1n) is 7.00. The summed E-state index contributed by atoms with van der Waals surface area (Å²) in [6.45, 7) is 4.81. The molecule has 21 heavy (non-hydrogen) atoms. The van der Waals surface area contributed by atoms with Crippen LogP contribution in [0.5, 0.6) is 11.5 Å². The monoisotopic (exact) mass is 294 g/mol. The van der Waals surface area contributed by atoms with E-state index in [4.69, 9.17) is 14.2 Å². The summed E-state index contributed by atoms with van der Waals surface area (Å²) < 4.78 is 15.7. The van der Waals surface area contributed by atoms with E-state index in [9.17, 15) is 4.79 Å². The third kappa shape index (κ3) is 3.86. The fraction of sp³-hybridized carbons (Fsp3) is 0.533. The lowest BCUT2D eigenvalue weighted by Crippen LogP contribution is -2.47. The number of nitrogens with zero attached hydrogens (tertiary/aromatic N) is 1. The Morgan fingerprint density at radius 3 is 2.52 bits per heavy atom. The average Bonchev–Trinajstić information content (AvgIpc) is 2.54. The van der Waals surface area contributed by atoms with Crippen LogP contribution in [0.1, 0.15) is 6.92 Å². The first-order chi connectivity index (χ1) is 10.2. The van der Waals surface area contributed by atoms with Crippen molar-refractivity contribution >= 4 is 11.6 Å². The Labute approximate surface area is 125 Å². The summed E-state index contributed by atoms with van der Waals surface area (Å²) in [6.07, 6.45) is 0. The molecule has 1 amide bonds. The van der Waals surface area contributed by atoms with E-state index in [0.717, 1.165) is 13.1 Å². The number of rotatable bonds is 5. The Hall–Kier alpha value is -1.79. The number of methoxy groups -OCH3 is 2. The smallest absolute Gasteiger partial charge is 0.241 e. The highest BCUT2D eigenvalue weighted by Crippen LogP contribution is 2.29. The van der Waals surface area contributed by atoms with Gasteiger partial charge in [0.2, 0.25) is 5.91 Å². The van der Waals surface area contributed by atoms with Gasteiger partial charge in [0.15, 0.2) is 11.5 Å². The summed E-state index contributed by atoms with van der Waals surface area (Å²) in [7, 11) is 3.15. The standard InChI is InChI=1S/C15H22N2O4/c1-11(17-6-8-21-9-7-17)15(18)16-12-4-5-13(19-2)14(10-12)20-3/h4-5,10-11H,6-9H2,1-3H3,(H,16,18)/t11-/m0/s1. The number of amides is 1. The molecule has 0 bridgehead atoms. The van der Waals surface area contributed by atoms with Crippen LogP contribution >= 0.6 is 0 Å². The van der Waals surface area contributed by atoms with Gasteiger partial charge in [-0.05, 0) is 19.1 Å². The van der Waals surface area contributed by atoms with Gasteiger partial charge >= 0.3 is 0 Å². The maximum absolute atomic E-state index is 12.3. The molecule has 1 aromatic rings. The summed E-state index contributed by atoms with van der Waals surface area (Å²) in [5.74, 6) is 1.19. The number of hydrogen-bond donors (Lipinski definition) is 1. The van der Waals surface area contributed by atoms with Gasteiger partial charge in [-0.2, -0.15) is 0 Å². The average molecular weight is 294 g/mol. The molecule has 0 saturated carbocycles. The lowest BCUT2D eigenvalue weighted by Gasteiger charge is -2.31. The van der Waals surface area contributed by atoms with E-state index in [1.165, 1.54) is 0 Å². The van der Waals surface area contributed by atoms with E-state index in [-0.39, 0.29) is 11.9 Å². The highest BCUT2D eigenvalue weighted by atomic mass is 16.5. The molecule has 2 rings (SSSR count). The first-order valence-corrected chi connectivity index (χ1v) is 7.00. The molecule has 1 fully saturated rings. The molecule has 1 atom stereocenters. The number of ether oxygens (including phenoxy) is 3. The number of nitrogens with one attached hydrogen (secondary N) is 1. The molecule has 1 aromatic carbocycles. The largest absolute Gasteiger partial charge is 0.493 e. The van der Waals surface area contributed by atoms with Gasteiger partial charge in [0.05, 0.1) is 33.5 Å². The van der Waals surface area contributed by atoms with Crippen LogP contribution in [0.4, 0.5) is 5.69 Å². The minimum atomic E-state index is -0.193. The molecular formula is C15H22N2O4. The molecule has 0 aliphatic carbocycles.